The van der Waals surface area contributed by atoms with E-state index < -0.39 is 9.52 Å². The molecule has 21 heavy (non-hydrogen) atoms. The summed E-state index contributed by atoms with van der Waals surface area (Å²) >= 11 is 0. The molecule has 3 nitrogen and oxygen atoms in total. The first-order valence-electron chi connectivity index (χ1n) is 7.36. The molecular formula is C16H21FN2OS. The second kappa shape index (κ2) is 5.13. The third-order valence-corrected chi connectivity index (χ3v) is 6.31. The second-order valence-corrected chi connectivity index (χ2v) is 9.03. The van der Waals surface area contributed by atoms with Crippen molar-refractivity contribution in [3.63, 3.8) is 0 Å². The van der Waals surface area contributed by atoms with Gasteiger partial charge in [-0.15, -0.1) is 0 Å². The molecule has 1 fully saturated rings. The van der Waals surface area contributed by atoms with Crippen LogP contribution in [0.5, 0.6) is 0 Å². The van der Waals surface area contributed by atoms with Crippen molar-refractivity contribution < 1.29 is 8.60 Å². The number of nitrogens with zero attached hydrogens (tertiary/aromatic N) is 2. The summed E-state index contributed by atoms with van der Waals surface area (Å²) in [5.41, 5.74) is 1.83. The highest BCUT2D eigenvalue weighted by molar-refractivity contribution is 8.00. The summed E-state index contributed by atoms with van der Waals surface area (Å²) < 4.78 is 28.1. The Hall–Kier alpha value is -1.36. The second-order valence-electron chi connectivity index (χ2n) is 6.28. The number of benzene rings is 1. The van der Waals surface area contributed by atoms with Gasteiger partial charge >= 0.3 is 0 Å². The fourth-order valence-electron chi connectivity index (χ4n) is 2.94. The predicted octanol–water partition coefficient (Wildman–Crippen LogP) is 3.35. The van der Waals surface area contributed by atoms with E-state index in [1.54, 1.807) is 12.3 Å². The van der Waals surface area contributed by atoms with Gasteiger partial charge in [0.1, 0.15) is 5.82 Å². The van der Waals surface area contributed by atoms with Gasteiger partial charge in [-0.25, -0.2) is 4.39 Å². The zero-order valence-corrected chi connectivity index (χ0v) is 13.3. The topological polar surface area (TPSA) is 34.9 Å². The molecule has 2 heterocycles. The molecule has 1 aliphatic rings. The van der Waals surface area contributed by atoms with Crippen LogP contribution < -0.4 is 0 Å². The first-order chi connectivity index (χ1) is 9.87. The Bertz CT molecular complexity index is 763. The molecule has 5 heteroatoms. The van der Waals surface area contributed by atoms with Crippen molar-refractivity contribution in [3.8, 4) is 0 Å². The van der Waals surface area contributed by atoms with Crippen LogP contribution in [0.15, 0.2) is 18.3 Å². The minimum absolute atomic E-state index is 0.195. The van der Waals surface area contributed by atoms with Crippen LogP contribution in [0.1, 0.15) is 44.2 Å². The van der Waals surface area contributed by atoms with E-state index in [4.69, 9.17) is 0 Å². The van der Waals surface area contributed by atoms with E-state index in [1.165, 1.54) is 0 Å². The van der Waals surface area contributed by atoms with E-state index in [-0.39, 0.29) is 17.8 Å². The van der Waals surface area contributed by atoms with Gasteiger partial charge in [-0.2, -0.15) is 5.10 Å². The maximum Gasteiger partial charge on any atom is 0.134 e. The zero-order chi connectivity index (χ0) is 15.2. The summed E-state index contributed by atoms with van der Waals surface area (Å²) in [6.45, 7) is 4.11. The normalized spacial score (nSPS) is 26.6. The number of fused-ring (bicyclic) bond motifs is 1. The van der Waals surface area contributed by atoms with Gasteiger partial charge in [0, 0.05) is 11.5 Å². The Morgan fingerprint density at radius 2 is 2.05 bits per heavy atom. The van der Waals surface area contributed by atoms with E-state index in [0.717, 1.165) is 23.9 Å². The van der Waals surface area contributed by atoms with Crippen LogP contribution in [0.3, 0.4) is 0 Å². The third-order valence-electron chi connectivity index (χ3n) is 4.35. The van der Waals surface area contributed by atoms with Crippen molar-refractivity contribution in [2.24, 2.45) is 0 Å². The van der Waals surface area contributed by atoms with Crippen molar-refractivity contribution in [2.75, 3.05) is 11.5 Å². The smallest absolute Gasteiger partial charge is 0.134 e. The van der Waals surface area contributed by atoms with Crippen LogP contribution in [0.4, 0.5) is 4.39 Å². The lowest BCUT2D eigenvalue weighted by molar-refractivity contribution is 0.433. The molecule has 0 saturated carbocycles. The van der Waals surface area contributed by atoms with Crippen LogP contribution >= 0.6 is 0 Å². The molecule has 0 bridgehead atoms. The van der Waals surface area contributed by atoms with Gasteiger partial charge in [0.25, 0.3) is 0 Å². The monoisotopic (exact) mass is 308 g/mol. The lowest BCUT2D eigenvalue weighted by Gasteiger charge is -2.25. The summed E-state index contributed by atoms with van der Waals surface area (Å²) in [4.78, 5) is 0. The quantitative estimate of drug-likeness (QED) is 0.798. The maximum atomic E-state index is 14.2. The van der Waals surface area contributed by atoms with Crippen LogP contribution in [-0.4, -0.2) is 31.4 Å². The molecule has 0 spiro atoms. The largest absolute Gasteiger partial charge is 0.268 e. The van der Waals surface area contributed by atoms with Crippen molar-refractivity contribution in [3.05, 3.63) is 29.7 Å². The van der Waals surface area contributed by atoms with E-state index in [2.05, 4.69) is 24.8 Å². The standard InChI is InChI=1S/C16H21FN2OS/c1-11(2)12-8-15(17)14-10-18-19(16(14)9-12)13-4-6-21(3,20)7-5-13/h8-11,13H,3-7H2,1-2H3. The minimum atomic E-state index is -1.90. The summed E-state index contributed by atoms with van der Waals surface area (Å²) in [5.74, 6) is 5.12. The predicted molar refractivity (Wildman–Crippen MR) is 87.0 cm³/mol. The number of halogens is 1. The number of hydrogen-bond donors (Lipinski definition) is 0. The van der Waals surface area contributed by atoms with Gasteiger partial charge in [-0.3, -0.25) is 8.89 Å². The van der Waals surface area contributed by atoms with Gasteiger partial charge < -0.3 is 0 Å². The molecular weight excluding hydrogens is 287 g/mol. The lowest BCUT2D eigenvalue weighted by Crippen LogP contribution is -2.25. The van der Waals surface area contributed by atoms with Gasteiger partial charge in [-0.1, -0.05) is 13.8 Å². The van der Waals surface area contributed by atoms with Crippen LogP contribution in [0, 0.1) is 5.82 Å². The van der Waals surface area contributed by atoms with Crippen molar-refractivity contribution in [1.29, 1.82) is 0 Å². The molecule has 0 radical (unpaired) electrons. The average molecular weight is 308 g/mol. The van der Waals surface area contributed by atoms with Gasteiger partial charge in [0.2, 0.25) is 0 Å². The first kappa shape index (κ1) is 14.6. The summed E-state index contributed by atoms with van der Waals surface area (Å²) in [6, 6.07) is 3.83. The van der Waals surface area contributed by atoms with E-state index >= 15 is 0 Å². The maximum absolute atomic E-state index is 14.2. The SMILES string of the molecule is C=S1(=O)CCC(n2ncc3c(F)cc(C(C)C)cc32)CC1. The Morgan fingerprint density at radius 3 is 2.67 bits per heavy atom. The fraction of sp³-hybridized carbons (Fsp3) is 0.500. The molecule has 0 amide bonds. The van der Waals surface area contributed by atoms with Gasteiger partial charge in [0.15, 0.2) is 0 Å². The number of aromatic nitrogens is 2. The lowest BCUT2D eigenvalue weighted by atomic mass is 10.0. The summed E-state index contributed by atoms with van der Waals surface area (Å²) in [5, 5.41) is 4.96. The van der Waals surface area contributed by atoms with E-state index in [1.807, 2.05) is 10.7 Å². The van der Waals surface area contributed by atoms with Gasteiger partial charge in [-0.05, 0) is 51.8 Å². The summed E-state index contributed by atoms with van der Waals surface area (Å²) in [6.07, 6.45) is 3.20. The van der Waals surface area contributed by atoms with Crippen LogP contribution in [-0.2, 0) is 9.52 Å². The zero-order valence-electron chi connectivity index (χ0n) is 12.5. The summed E-state index contributed by atoms with van der Waals surface area (Å²) in [7, 11) is -1.90. The molecule has 1 aliphatic heterocycles. The molecule has 0 unspecified atom stereocenters. The van der Waals surface area contributed by atoms with E-state index in [0.29, 0.717) is 16.9 Å². The van der Waals surface area contributed by atoms with Crippen LogP contribution in [0.2, 0.25) is 0 Å². The Kier molecular flexibility index (Phi) is 3.56. The Morgan fingerprint density at radius 1 is 1.38 bits per heavy atom. The minimum Gasteiger partial charge on any atom is -0.268 e. The molecule has 0 atom stereocenters. The first-order valence-corrected chi connectivity index (χ1v) is 9.43. The van der Waals surface area contributed by atoms with Crippen molar-refractivity contribution >= 4 is 26.3 Å². The fourth-order valence-corrected chi connectivity index (χ4v) is 4.55. The highest BCUT2D eigenvalue weighted by Crippen LogP contribution is 2.30. The molecule has 0 aliphatic carbocycles. The molecule has 1 saturated heterocycles. The highest BCUT2D eigenvalue weighted by Gasteiger charge is 2.24. The average Bonchev–Trinajstić information content (AvgIpc) is 2.83. The van der Waals surface area contributed by atoms with Gasteiger partial charge in [0.05, 0.1) is 23.1 Å². The molecule has 1 aromatic carbocycles. The Labute approximate surface area is 125 Å². The van der Waals surface area contributed by atoms with Crippen molar-refractivity contribution in [2.45, 2.75) is 38.6 Å². The Balaban J connectivity index is 2.03. The van der Waals surface area contributed by atoms with Crippen molar-refractivity contribution in [1.82, 2.24) is 9.78 Å². The molecule has 3 rings (SSSR count). The number of rotatable bonds is 2. The van der Waals surface area contributed by atoms with E-state index in [9.17, 15) is 8.60 Å². The van der Waals surface area contributed by atoms with Crippen LogP contribution in [0.25, 0.3) is 10.9 Å². The molecule has 0 N–H and O–H groups in total. The molecule has 2 aromatic rings. The third kappa shape index (κ3) is 2.71. The molecule has 114 valence electrons. The number of hydrogen-bond acceptors (Lipinski definition) is 2. The highest BCUT2D eigenvalue weighted by atomic mass is 32.2. The molecule has 1 aromatic heterocycles.